The van der Waals surface area contributed by atoms with Crippen molar-refractivity contribution in [1.82, 2.24) is 14.5 Å². The molecule has 2 aromatic heterocycles. The second-order valence-corrected chi connectivity index (χ2v) is 10.8. The summed E-state index contributed by atoms with van der Waals surface area (Å²) in [6.07, 6.45) is 3.86. The molecule has 1 saturated carbocycles. The molecule has 0 amide bonds. The van der Waals surface area contributed by atoms with Crippen LogP contribution in [0.3, 0.4) is 0 Å². The van der Waals surface area contributed by atoms with Crippen molar-refractivity contribution in [2.45, 2.75) is 37.6 Å². The Morgan fingerprint density at radius 3 is 2.69 bits per heavy atom. The summed E-state index contributed by atoms with van der Waals surface area (Å²) in [5.74, 6) is -3.86. The quantitative estimate of drug-likeness (QED) is 0.420. The molecule has 6 rings (SSSR count). The van der Waals surface area contributed by atoms with Crippen LogP contribution in [0.1, 0.15) is 25.7 Å². The predicted molar refractivity (Wildman–Crippen MR) is 143 cm³/mol. The first-order valence-corrected chi connectivity index (χ1v) is 13.2. The molecular formula is C26H27ClF2N6O4. The number of ether oxygens (including phenoxy) is 1. The number of anilines is 4. The highest BCUT2D eigenvalue weighted by molar-refractivity contribution is 6.33. The molecule has 0 unspecified atom stereocenters. The van der Waals surface area contributed by atoms with Gasteiger partial charge in [-0.1, -0.05) is 11.6 Å². The maximum absolute atomic E-state index is 14.9. The second-order valence-electron chi connectivity index (χ2n) is 10.4. The zero-order valence-electron chi connectivity index (χ0n) is 21.1. The zero-order valence-corrected chi connectivity index (χ0v) is 21.8. The highest BCUT2D eigenvalue weighted by atomic mass is 35.5. The summed E-state index contributed by atoms with van der Waals surface area (Å²) in [4.78, 5) is 35.1. The van der Waals surface area contributed by atoms with Crippen molar-refractivity contribution in [2.24, 2.45) is 18.9 Å². The monoisotopic (exact) mass is 560 g/mol. The Balaban J connectivity index is 1.34. The summed E-state index contributed by atoms with van der Waals surface area (Å²) in [7, 11) is 1.57. The molecular weight excluding hydrogens is 534 g/mol. The average Bonchev–Trinajstić information content (AvgIpc) is 3.76. The largest absolute Gasteiger partial charge is 0.481 e. The molecule has 0 bridgehead atoms. The molecule has 206 valence electrons. The van der Waals surface area contributed by atoms with E-state index >= 15 is 0 Å². The molecule has 13 heteroatoms. The normalized spacial score (nSPS) is 21.0. The van der Waals surface area contributed by atoms with Crippen LogP contribution in [0.4, 0.5) is 31.9 Å². The van der Waals surface area contributed by atoms with Gasteiger partial charge in [-0.3, -0.25) is 9.59 Å². The Hall–Kier alpha value is -3.67. The van der Waals surface area contributed by atoms with Gasteiger partial charge in [-0.15, -0.1) is 0 Å². The fourth-order valence-corrected chi connectivity index (χ4v) is 5.49. The Bertz CT molecular complexity index is 1520. The van der Waals surface area contributed by atoms with Gasteiger partial charge in [-0.2, -0.15) is 4.98 Å². The molecule has 2 aliphatic heterocycles. The highest BCUT2D eigenvalue weighted by Gasteiger charge is 2.51. The lowest BCUT2D eigenvalue weighted by molar-refractivity contribution is -0.142. The highest BCUT2D eigenvalue weighted by Crippen LogP contribution is 2.45. The van der Waals surface area contributed by atoms with Gasteiger partial charge in [-0.25, -0.2) is 13.8 Å². The van der Waals surface area contributed by atoms with E-state index in [1.165, 1.54) is 10.8 Å². The number of aliphatic carboxylic acids is 1. The molecule has 1 atom stereocenters. The number of nitrogens with one attached hydrogen (secondary N) is 2. The fourth-order valence-electron chi connectivity index (χ4n) is 5.35. The molecule has 0 radical (unpaired) electrons. The molecule has 2 fully saturated rings. The molecule has 3 N–H and O–H groups in total. The number of carbonyl (C=O) groups is 1. The van der Waals surface area contributed by atoms with E-state index in [4.69, 9.17) is 16.3 Å². The molecule has 4 heterocycles. The van der Waals surface area contributed by atoms with Crippen LogP contribution < -0.4 is 25.8 Å². The van der Waals surface area contributed by atoms with Gasteiger partial charge in [0.25, 0.3) is 5.56 Å². The Morgan fingerprint density at radius 2 is 2.00 bits per heavy atom. The molecule has 3 aromatic rings. The number of hydrogen-bond acceptors (Lipinski definition) is 8. The summed E-state index contributed by atoms with van der Waals surface area (Å²) in [6.45, 7) is 0.148. The van der Waals surface area contributed by atoms with Crippen LogP contribution in [0.2, 0.25) is 5.02 Å². The van der Waals surface area contributed by atoms with Gasteiger partial charge in [0.1, 0.15) is 5.02 Å². The molecule has 10 nitrogen and oxygen atoms in total. The lowest BCUT2D eigenvalue weighted by atomic mass is 9.97. The number of nitrogens with zero attached hydrogens (tertiary/aromatic N) is 4. The number of carboxylic acid groups (broad SMARTS) is 1. The molecule has 1 aromatic carbocycles. The summed E-state index contributed by atoms with van der Waals surface area (Å²) in [5.41, 5.74) is 0.880. The van der Waals surface area contributed by atoms with E-state index < -0.39 is 30.1 Å². The minimum Gasteiger partial charge on any atom is -0.481 e. The van der Waals surface area contributed by atoms with Crippen molar-refractivity contribution in [3.8, 4) is 5.75 Å². The Kier molecular flexibility index (Phi) is 6.24. The number of piperidine rings is 1. The van der Waals surface area contributed by atoms with E-state index in [9.17, 15) is 23.5 Å². The predicted octanol–water partition coefficient (Wildman–Crippen LogP) is 4.24. The summed E-state index contributed by atoms with van der Waals surface area (Å²) in [6, 6.07) is 4.08. The number of aromatic nitrogens is 3. The Labute approximate surface area is 226 Å². The van der Waals surface area contributed by atoms with Gasteiger partial charge in [0.15, 0.2) is 12.4 Å². The number of aryl methyl sites for hydroxylation is 1. The lowest BCUT2D eigenvalue weighted by Gasteiger charge is -2.30. The molecule has 1 saturated heterocycles. The molecule has 0 spiro atoms. The maximum atomic E-state index is 14.9. The van der Waals surface area contributed by atoms with E-state index in [1.54, 1.807) is 25.2 Å². The molecule has 3 aliphatic rings. The first-order chi connectivity index (χ1) is 18.6. The average molecular weight is 561 g/mol. The standard InChI is InChI=1S/C26H27ClF2N6O4/c1-34-18-5-4-15(31-22-17(27)11-30-25(33-22)35-8-6-14(7-9-35)24(37)38)10-16(18)19-20(23(34)36)39-12-26(28,29)21(32-19)13-2-3-13/h4-5,10-11,13-14,21,32H,2-3,6-9,12H2,1H3,(H,37,38)(H,30,31,33)/t21-/m0/s1. The summed E-state index contributed by atoms with van der Waals surface area (Å²) in [5, 5.41) is 16.2. The van der Waals surface area contributed by atoms with E-state index in [-0.39, 0.29) is 28.3 Å². The van der Waals surface area contributed by atoms with Crippen LogP contribution in [-0.2, 0) is 11.8 Å². The lowest BCUT2D eigenvalue weighted by Crippen LogP contribution is -2.44. The van der Waals surface area contributed by atoms with Crippen molar-refractivity contribution >= 4 is 51.6 Å². The van der Waals surface area contributed by atoms with Crippen LogP contribution in [-0.4, -0.2) is 57.3 Å². The second kappa shape index (κ2) is 9.51. The number of hydrogen-bond donors (Lipinski definition) is 3. The van der Waals surface area contributed by atoms with E-state index in [1.807, 2.05) is 4.90 Å². The van der Waals surface area contributed by atoms with Gasteiger partial charge in [0, 0.05) is 31.2 Å². The third kappa shape index (κ3) is 4.70. The van der Waals surface area contributed by atoms with E-state index in [0.717, 1.165) is 0 Å². The van der Waals surface area contributed by atoms with Crippen molar-refractivity contribution in [2.75, 3.05) is 35.2 Å². The van der Waals surface area contributed by atoms with Crippen LogP contribution in [0.5, 0.6) is 5.75 Å². The van der Waals surface area contributed by atoms with E-state index in [2.05, 4.69) is 20.6 Å². The van der Waals surface area contributed by atoms with Crippen LogP contribution in [0, 0.1) is 11.8 Å². The summed E-state index contributed by atoms with van der Waals surface area (Å²) >= 11 is 6.40. The van der Waals surface area contributed by atoms with Crippen molar-refractivity contribution < 1.29 is 23.4 Å². The fraction of sp³-hybridized carbons (Fsp3) is 0.462. The number of pyridine rings is 1. The van der Waals surface area contributed by atoms with Gasteiger partial charge in [0.2, 0.25) is 11.7 Å². The Morgan fingerprint density at radius 1 is 1.26 bits per heavy atom. The van der Waals surface area contributed by atoms with Crippen LogP contribution >= 0.6 is 11.6 Å². The van der Waals surface area contributed by atoms with Gasteiger partial charge in [-0.05, 0) is 49.8 Å². The topological polar surface area (TPSA) is 122 Å². The first-order valence-electron chi connectivity index (χ1n) is 12.8. The summed E-state index contributed by atoms with van der Waals surface area (Å²) < 4.78 is 36.6. The zero-order chi connectivity index (χ0) is 27.5. The number of halogens is 3. The number of alkyl halides is 2. The molecule has 1 aliphatic carbocycles. The van der Waals surface area contributed by atoms with Gasteiger partial charge < -0.3 is 29.9 Å². The smallest absolute Gasteiger partial charge is 0.306 e. The number of carboxylic acids is 1. The molecule has 39 heavy (non-hydrogen) atoms. The van der Waals surface area contributed by atoms with E-state index in [0.29, 0.717) is 67.1 Å². The van der Waals surface area contributed by atoms with Crippen molar-refractivity contribution in [3.05, 3.63) is 39.8 Å². The SMILES string of the molecule is Cn1c(=O)c2c(c3cc(Nc4nc(N5CCC(C(=O)O)CC5)ncc4Cl)ccc31)N[C@@H](C1CC1)C(F)(F)CO2. The van der Waals surface area contributed by atoms with Gasteiger partial charge >= 0.3 is 11.9 Å². The number of benzene rings is 1. The van der Waals surface area contributed by atoms with Crippen molar-refractivity contribution in [1.29, 1.82) is 0 Å². The third-order valence-electron chi connectivity index (χ3n) is 7.73. The number of rotatable bonds is 5. The minimum absolute atomic E-state index is 0.128. The maximum Gasteiger partial charge on any atom is 0.306 e. The van der Waals surface area contributed by atoms with Crippen LogP contribution in [0.25, 0.3) is 10.9 Å². The first kappa shape index (κ1) is 25.6. The van der Waals surface area contributed by atoms with Crippen LogP contribution in [0.15, 0.2) is 29.2 Å². The number of fused-ring (bicyclic) bond motifs is 3. The van der Waals surface area contributed by atoms with Crippen molar-refractivity contribution in [3.63, 3.8) is 0 Å². The third-order valence-corrected chi connectivity index (χ3v) is 8.01. The van der Waals surface area contributed by atoms with Gasteiger partial charge in [0.05, 0.1) is 29.4 Å². The minimum atomic E-state index is -3.13.